The number of carbonyl (C=O) groups excluding carboxylic acids is 1. The van der Waals surface area contributed by atoms with Crippen LogP contribution in [0.15, 0.2) is 0 Å². The van der Waals surface area contributed by atoms with Crippen LogP contribution in [0.2, 0.25) is 0 Å². The summed E-state index contributed by atoms with van der Waals surface area (Å²) in [5.41, 5.74) is 0. The molecule has 17 heavy (non-hydrogen) atoms. The Morgan fingerprint density at radius 1 is 1.35 bits per heavy atom. The molecule has 5 nitrogen and oxygen atoms in total. The minimum atomic E-state index is -0.0495. The van der Waals surface area contributed by atoms with E-state index in [4.69, 9.17) is 4.74 Å². The van der Waals surface area contributed by atoms with Crippen LogP contribution in [0.3, 0.4) is 0 Å². The number of rotatable bonds is 3. The fraction of sp³-hybridized carbons (Fsp3) is 0.917. The molecule has 2 amide bonds. The molecular formula is C12H23N3O2. The molecule has 3 N–H and O–H groups in total. The van der Waals surface area contributed by atoms with Crippen molar-refractivity contribution in [1.29, 1.82) is 0 Å². The van der Waals surface area contributed by atoms with Crippen molar-refractivity contribution in [2.45, 2.75) is 38.3 Å². The number of hydrogen-bond acceptors (Lipinski definition) is 3. The van der Waals surface area contributed by atoms with E-state index in [9.17, 15) is 4.79 Å². The Morgan fingerprint density at radius 3 is 2.76 bits per heavy atom. The summed E-state index contributed by atoms with van der Waals surface area (Å²) >= 11 is 0. The lowest BCUT2D eigenvalue weighted by atomic mass is 9.91. The van der Waals surface area contributed by atoms with Crippen molar-refractivity contribution in [2.75, 3.05) is 26.3 Å². The Morgan fingerprint density at radius 2 is 2.12 bits per heavy atom. The van der Waals surface area contributed by atoms with Crippen LogP contribution >= 0.6 is 0 Å². The normalized spacial score (nSPS) is 27.7. The molecule has 0 spiro atoms. The third-order valence-electron chi connectivity index (χ3n) is 3.71. The summed E-state index contributed by atoms with van der Waals surface area (Å²) < 4.78 is 5.23. The number of amides is 2. The zero-order valence-electron chi connectivity index (χ0n) is 10.5. The van der Waals surface area contributed by atoms with E-state index in [0.717, 1.165) is 39.0 Å². The van der Waals surface area contributed by atoms with Gasteiger partial charge in [-0.15, -0.1) is 0 Å². The van der Waals surface area contributed by atoms with Crippen LogP contribution in [0.4, 0.5) is 4.79 Å². The Kier molecular flexibility index (Phi) is 4.62. The second-order valence-electron chi connectivity index (χ2n) is 5.05. The van der Waals surface area contributed by atoms with Crippen LogP contribution in [0.5, 0.6) is 0 Å². The van der Waals surface area contributed by atoms with Gasteiger partial charge in [0.1, 0.15) is 0 Å². The molecule has 0 aromatic carbocycles. The number of ether oxygens (including phenoxy) is 1. The van der Waals surface area contributed by atoms with Gasteiger partial charge in [0.05, 0.1) is 12.6 Å². The maximum atomic E-state index is 11.8. The van der Waals surface area contributed by atoms with Gasteiger partial charge in [0.2, 0.25) is 0 Å². The van der Waals surface area contributed by atoms with Crippen molar-refractivity contribution in [3.8, 4) is 0 Å². The summed E-state index contributed by atoms with van der Waals surface area (Å²) in [6, 6.07) is 0.390. The van der Waals surface area contributed by atoms with Crippen LogP contribution in [0.25, 0.3) is 0 Å². The zero-order chi connectivity index (χ0) is 12.1. The van der Waals surface area contributed by atoms with Crippen LogP contribution in [-0.2, 0) is 4.74 Å². The topological polar surface area (TPSA) is 62.4 Å². The number of carbonyl (C=O) groups is 1. The van der Waals surface area contributed by atoms with Crippen molar-refractivity contribution in [2.24, 2.45) is 5.92 Å². The van der Waals surface area contributed by atoms with E-state index in [1.54, 1.807) is 0 Å². The quantitative estimate of drug-likeness (QED) is 0.673. The van der Waals surface area contributed by atoms with E-state index >= 15 is 0 Å². The highest BCUT2D eigenvalue weighted by Crippen LogP contribution is 2.15. The Labute approximate surface area is 103 Å². The fourth-order valence-corrected chi connectivity index (χ4v) is 2.54. The van der Waals surface area contributed by atoms with E-state index in [1.807, 2.05) is 0 Å². The minimum Gasteiger partial charge on any atom is -0.379 e. The summed E-state index contributed by atoms with van der Waals surface area (Å²) in [5.74, 6) is 0.599. The predicted octanol–water partition coefficient (Wildman–Crippen LogP) is 0.463. The molecule has 2 saturated heterocycles. The maximum absolute atomic E-state index is 11.8. The molecule has 2 heterocycles. The summed E-state index contributed by atoms with van der Waals surface area (Å²) in [6.07, 6.45) is 3.22. The Balaban J connectivity index is 1.69. The predicted molar refractivity (Wildman–Crippen MR) is 65.9 cm³/mol. The minimum absolute atomic E-state index is 0.0495. The van der Waals surface area contributed by atoms with Crippen molar-refractivity contribution in [3.05, 3.63) is 0 Å². The van der Waals surface area contributed by atoms with Gasteiger partial charge in [-0.05, 0) is 45.2 Å². The molecule has 98 valence electrons. The second-order valence-corrected chi connectivity index (χ2v) is 5.05. The summed E-state index contributed by atoms with van der Waals surface area (Å²) in [5, 5.41) is 9.34. The number of hydrogen-bond donors (Lipinski definition) is 3. The molecule has 0 saturated carbocycles. The molecule has 2 aliphatic heterocycles. The van der Waals surface area contributed by atoms with E-state index < -0.39 is 0 Å². The smallest absolute Gasteiger partial charge is 0.315 e. The van der Waals surface area contributed by atoms with Crippen LogP contribution in [0, 0.1) is 5.92 Å². The fourth-order valence-electron chi connectivity index (χ4n) is 2.54. The SMILES string of the molecule is CC(NC(=O)NC1CCOC1)C1CCNCC1. The van der Waals surface area contributed by atoms with Crippen LogP contribution < -0.4 is 16.0 Å². The van der Waals surface area contributed by atoms with Gasteiger partial charge in [-0.1, -0.05) is 0 Å². The summed E-state index contributed by atoms with van der Waals surface area (Å²) in [6.45, 7) is 5.63. The number of urea groups is 1. The van der Waals surface area contributed by atoms with Gasteiger partial charge in [0.25, 0.3) is 0 Å². The first-order chi connectivity index (χ1) is 8.25. The maximum Gasteiger partial charge on any atom is 0.315 e. The zero-order valence-corrected chi connectivity index (χ0v) is 10.5. The van der Waals surface area contributed by atoms with Gasteiger partial charge in [-0.2, -0.15) is 0 Å². The third-order valence-corrected chi connectivity index (χ3v) is 3.71. The highest BCUT2D eigenvalue weighted by atomic mass is 16.5. The van der Waals surface area contributed by atoms with Gasteiger partial charge in [-0.3, -0.25) is 0 Å². The molecule has 2 fully saturated rings. The van der Waals surface area contributed by atoms with Gasteiger partial charge < -0.3 is 20.7 Å². The van der Waals surface area contributed by atoms with Gasteiger partial charge >= 0.3 is 6.03 Å². The van der Waals surface area contributed by atoms with Crippen molar-refractivity contribution in [3.63, 3.8) is 0 Å². The molecule has 0 aromatic heterocycles. The summed E-state index contributed by atoms with van der Waals surface area (Å²) in [7, 11) is 0. The molecule has 2 rings (SSSR count). The molecule has 0 bridgehead atoms. The molecule has 0 aromatic rings. The lowest BCUT2D eigenvalue weighted by molar-refractivity contribution is 0.187. The first-order valence-corrected chi connectivity index (χ1v) is 6.61. The van der Waals surface area contributed by atoms with Crippen molar-refractivity contribution in [1.82, 2.24) is 16.0 Å². The highest BCUT2D eigenvalue weighted by Gasteiger charge is 2.23. The lowest BCUT2D eigenvalue weighted by Gasteiger charge is -2.29. The molecular weight excluding hydrogens is 218 g/mol. The van der Waals surface area contributed by atoms with Gasteiger partial charge in [0.15, 0.2) is 0 Å². The first kappa shape index (κ1) is 12.6. The van der Waals surface area contributed by atoms with Crippen LogP contribution in [0.1, 0.15) is 26.2 Å². The monoisotopic (exact) mass is 241 g/mol. The third kappa shape index (κ3) is 3.85. The van der Waals surface area contributed by atoms with E-state index in [0.29, 0.717) is 12.5 Å². The van der Waals surface area contributed by atoms with Gasteiger partial charge in [-0.25, -0.2) is 4.79 Å². The molecule has 0 radical (unpaired) electrons. The van der Waals surface area contributed by atoms with E-state index in [1.165, 1.54) is 0 Å². The van der Waals surface area contributed by atoms with E-state index in [-0.39, 0.29) is 18.1 Å². The molecule has 2 aliphatic rings. The number of nitrogens with one attached hydrogen (secondary N) is 3. The second kappa shape index (κ2) is 6.21. The molecule has 2 unspecified atom stereocenters. The molecule has 5 heteroatoms. The van der Waals surface area contributed by atoms with E-state index in [2.05, 4.69) is 22.9 Å². The highest BCUT2D eigenvalue weighted by molar-refractivity contribution is 5.74. The lowest BCUT2D eigenvalue weighted by Crippen LogP contribution is -2.49. The Hall–Kier alpha value is -0.810. The Bertz CT molecular complexity index is 248. The summed E-state index contributed by atoms with van der Waals surface area (Å²) in [4.78, 5) is 11.8. The van der Waals surface area contributed by atoms with Crippen LogP contribution in [-0.4, -0.2) is 44.4 Å². The average molecular weight is 241 g/mol. The van der Waals surface area contributed by atoms with Gasteiger partial charge in [0, 0.05) is 12.6 Å². The standard InChI is InChI=1S/C12H23N3O2/c1-9(10-2-5-13-6-3-10)14-12(16)15-11-4-7-17-8-11/h9-11,13H,2-8H2,1H3,(H2,14,15,16). The molecule has 2 atom stereocenters. The largest absolute Gasteiger partial charge is 0.379 e. The molecule has 0 aliphatic carbocycles. The van der Waals surface area contributed by atoms with Crippen molar-refractivity contribution < 1.29 is 9.53 Å². The number of piperidine rings is 1. The average Bonchev–Trinajstić information content (AvgIpc) is 2.82. The first-order valence-electron chi connectivity index (χ1n) is 6.61. The van der Waals surface area contributed by atoms with Crippen molar-refractivity contribution >= 4 is 6.03 Å².